The van der Waals surface area contributed by atoms with Crippen LogP contribution < -0.4 is 15.4 Å². The standard InChI is InChI=1S/C21H21N3O2/c1-16(21(25)24-18-8-3-2-4-9-18)23-19-10-5-11-20(13-19)26-15-17-7-6-12-22-14-17/h2-14,16,23H,15H2,1H3,(H,24,25)/t16-/m0/s1. The van der Waals surface area contributed by atoms with E-state index in [0.717, 1.165) is 22.7 Å². The third-order valence-electron chi connectivity index (χ3n) is 3.78. The smallest absolute Gasteiger partial charge is 0.246 e. The zero-order chi connectivity index (χ0) is 18.2. The highest BCUT2D eigenvalue weighted by atomic mass is 16.5. The molecule has 1 atom stereocenters. The summed E-state index contributed by atoms with van der Waals surface area (Å²) in [4.78, 5) is 16.4. The van der Waals surface area contributed by atoms with E-state index in [1.165, 1.54) is 0 Å². The van der Waals surface area contributed by atoms with Gasteiger partial charge in [0, 0.05) is 35.4 Å². The zero-order valence-corrected chi connectivity index (χ0v) is 14.6. The quantitative estimate of drug-likeness (QED) is 0.675. The average Bonchev–Trinajstić information content (AvgIpc) is 2.68. The number of benzene rings is 2. The van der Waals surface area contributed by atoms with Gasteiger partial charge >= 0.3 is 0 Å². The van der Waals surface area contributed by atoms with Crippen molar-refractivity contribution in [2.24, 2.45) is 0 Å². The zero-order valence-electron chi connectivity index (χ0n) is 14.6. The molecule has 0 saturated heterocycles. The van der Waals surface area contributed by atoms with Gasteiger partial charge in [0.15, 0.2) is 0 Å². The van der Waals surface area contributed by atoms with Crippen molar-refractivity contribution in [1.82, 2.24) is 4.98 Å². The highest BCUT2D eigenvalue weighted by Gasteiger charge is 2.13. The third-order valence-corrected chi connectivity index (χ3v) is 3.78. The van der Waals surface area contributed by atoms with E-state index in [1.54, 1.807) is 12.4 Å². The first kappa shape index (κ1) is 17.5. The lowest BCUT2D eigenvalue weighted by atomic mass is 10.2. The number of para-hydroxylation sites is 1. The first-order valence-corrected chi connectivity index (χ1v) is 8.45. The van der Waals surface area contributed by atoms with Crippen LogP contribution >= 0.6 is 0 Å². The Kier molecular flexibility index (Phi) is 5.83. The van der Waals surface area contributed by atoms with Crippen LogP contribution in [0.1, 0.15) is 12.5 Å². The van der Waals surface area contributed by atoms with Crippen molar-refractivity contribution in [3.8, 4) is 5.75 Å². The van der Waals surface area contributed by atoms with Gasteiger partial charge in [-0.3, -0.25) is 9.78 Å². The van der Waals surface area contributed by atoms with Gasteiger partial charge in [-0.2, -0.15) is 0 Å². The number of anilines is 2. The summed E-state index contributed by atoms with van der Waals surface area (Å²) in [6.07, 6.45) is 3.51. The normalized spacial score (nSPS) is 11.4. The van der Waals surface area contributed by atoms with E-state index in [0.29, 0.717) is 6.61 Å². The minimum absolute atomic E-state index is 0.0992. The molecule has 2 aromatic carbocycles. The molecule has 0 radical (unpaired) electrons. The number of pyridine rings is 1. The summed E-state index contributed by atoms with van der Waals surface area (Å²) >= 11 is 0. The van der Waals surface area contributed by atoms with Crippen LogP contribution in [0.25, 0.3) is 0 Å². The second kappa shape index (κ2) is 8.67. The molecule has 3 aromatic rings. The predicted molar refractivity (Wildman–Crippen MR) is 103 cm³/mol. The van der Waals surface area contributed by atoms with Gasteiger partial charge in [0.05, 0.1) is 0 Å². The van der Waals surface area contributed by atoms with E-state index < -0.39 is 0 Å². The summed E-state index contributed by atoms with van der Waals surface area (Å²) in [7, 11) is 0. The molecule has 0 fully saturated rings. The molecule has 0 aliphatic heterocycles. The Bertz CT molecular complexity index is 838. The molecule has 1 amide bonds. The SMILES string of the molecule is C[C@H](Nc1cccc(OCc2cccnc2)c1)C(=O)Nc1ccccc1. The van der Waals surface area contributed by atoms with Crippen LogP contribution in [0.5, 0.6) is 5.75 Å². The Labute approximate surface area is 153 Å². The fraction of sp³-hybridized carbons (Fsp3) is 0.143. The number of hydrogen-bond acceptors (Lipinski definition) is 4. The fourth-order valence-corrected chi connectivity index (χ4v) is 2.41. The average molecular weight is 347 g/mol. The van der Waals surface area contributed by atoms with Crippen molar-refractivity contribution in [2.45, 2.75) is 19.6 Å². The van der Waals surface area contributed by atoms with Gasteiger partial charge in [0.1, 0.15) is 18.4 Å². The van der Waals surface area contributed by atoms with Crippen molar-refractivity contribution in [3.63, 3.8) is 0 Å². The Hall–Kier alpha value is -3.34. The fourth-order valence-electron chi connectivity index (χ4n) is 2.41. The summed E-state index contributed by atoms with van der Waals surface area (Å²) in [5.41, 5.74) is 2.60. The van der Waals surface area contributed by atoms with Crippen LogP contribution in [0.3, 0.4) is 0 Å². The topological polar surface area (TPSA) is 63.2 Å². The van der Waals surface area contributed by atoms with Gasteiger partial charge in [0.2, 0.25) is 5.91 Å². The second-order valence-electron chi connectivity index (χ2n) is 5.90. The van der Waals surface area contributed by atoms with E-state index in [9.17, 15) is 4.79 Å². The monoisotopic (exact) mass is 347 g/mol. The number of carbonyl (C=O) groups excluding carboxylic acids is 1. The molecule has 5 nitrogen and oxygen atoms in total. The number of hydrogen-bond donors (Lipinski definition) is 2. The Morgan fingerprint density at radius 2 is 1.85 bits per heavy atom. The van der Waals surface area contributed by atoms with Crippen molar-refractivity contribution in [3.05, 3.63) is 84.7 Å². The number of carbonyl (C=O) groups is 1. The second-order valence-corrected chi connectivity index (χ2v) is 5.90. The van der Waals surface area contributed by atoms with E-state index in [1.807, 2.05) is 73.7 Å². The minimum atomic E-state index is -0.385. The molecule has 0 aliphatic carbocycles. The van der Waals surface area contributed by atoms with E-state index in [2.05, 4.69) is 15.6 Å². The van der Waals surface area contributed by atoms with E-state index in [-0.39, 0.29) is 11.9 Å². The first-order chi connectivity index (χ1) is 12.7. The molecule has 26 heavy (non-hydrogen) atoms. The molecule has 1 heterocycles. The van der Waals surface area contributed by atoms with E-state index >= 15 is 0 Å². The maximum atomic E-state index is 12.3. The van der Waals surface area contributed by atoms with Gasteiger partial charge in [-0.1, -0.05) is 30.3 Å². The van der Waals surface area contributed by atoms with Crippen LogP contribution in [-0.2, 0) is 11.4 Å². The van der Waals surface area contributed by atoms with Gasteiger partial charge in [0.25, 0.3) is 0 Å². The first-order valence-electron chi connectivity index (χ1n) is 8.45. The summed E-state index contributed by atoms with van der Waals surface area (Å²) in [6, 6.07) is 20.4. The molecule has 0 saturated carbocycles. The van der Waals surface area contributed by atoms with Gasteiger partial charge in [-0.05, 0) is 37.3 Å². The number of aromatic nitrogens is 1. The maximum absolute atomic E-state index is 12.3. The maximum Gasteiger partial charge on any atom is 0.246 e. The number of amides is 1. The van der Waals surface area contributed by atoms with Gasteiger partial charge in [-0.15, -0.1) is 0 Å². The van der Waals surface area contributed by atoms with Crippen molar-refractivity contribution < 1.29 is 9.53 Å². The lowest BCUT2D eigenvalue weighted by Crippen LogP contribution is -2.31. The number of ether oxygens (including phenoxy) is 1. The van der Waals surface area contributed by atoms with Crippen LogP contribution in [0.2, 0.25) is 0 Å². The van der Waals surface area contributed by atoms with Crippen molar-refractivity contribution >= 4 is 17.3 Å². The Morgan fingerprint density at radius 3 is 2.62 bits per heavy atom. The molecular formula is C21H21N3O2. The van der Waals surface area contributed by atoms with Crippen molar-refractivity contribution in [1.29, 1.82) is 0 Å². The molecule has 1 aromatic heterocycles. The lowest BCUT2D eigenvalue weighted by molar-refractivity contribution is -0.116. The van der Waals surface area contributed by atoms with Crippen molar-refractivity contribution in [2.75, 3.05) is 10.6 Å². The molecule has 132 valence electrons. The largest absolute Gasteiger partial charge is 0.489 e. The predicted octanol–water partition coefficient (Wildman–Crippen LogP) is 4.10. The Morgan fingerprint density at radius 1 is 1.04 bits per heavy atom. The molecule has 0 unspecified atom stereocenters. The molecule has 3 rings (SSSR count). The molecule has 0 bridgehead atoms. The Balaban J connectivity index is 1.56. The van der Waals surface area contributed by atoms with Crippen LogP contribution in [0.4, 0.5) is 11.4 Å². The summed E-state index contributed by atoms with van der Waals surface area (Å²) in [6.45, 7) is 2.27. The van der Waals surface area contributed by atoms with E-state index in [4.69, 9.17) is 4.74 Å². The lowest BCUT2D eigenvalue weighted by Gasteiger charge is -2.16. The molecule has 0 spiro atoms. The number of nitrogens with one attached hydrogen (secondary N) is 2. The number of nitrogens with zero attached hydrogens (tertiary/aromatic N) is 1. The minimum Gasteiger partial charge on any atom is -0.489 e. The molecule has 0 aliphatic rings. The molecular weight excluding hydrogens is 326 g/mol. The van der Waals surface area contributed by atoms with Gasteiger partial charge < -0.3 is 15.4 Å². The highest BCUT2D eigenvalue weighted by molar-refractivity contribution is 5.96. The highest BCUT2D eigenvalue weighted by Crippen LogP contribution is 2.19. The molecule has 2 N–H and O–H groups in total. The van der Waals surface area contributed by atoms with Crippen LogP contribution in [0.15, 0.2) is 79.1 Å². The summed E-state index contributed by atoms with van der Waals surface area (Å²) in [5.74, 6) is 0.632. The molecule has 5 heteroatoms. The number of rotatable bonds is 7. The third kappa shape index (κ3) is 5.08. The van der Waals surface area contributed by atoms with Crippen LogP contribution in [-0.4, -0.2) is 16.9 Å². The summed E-state index contributed by atoms with van der Waals surface area (Å²) in [5, 5.41) is 6.08. The summed E-state index contributed by atoms with van der Waals surface area (Å²) < 4.78 is 5.79. The van der Waals surface area contributed by atoms with Gasteiger partial charge in [-0.25, -0.2) is 0 Å². The van der Waals surface area contributed by atoms with Crippen LogP contribution in [0, 0.1) is 0 Å².